The number of aliphatic carboxylic acids is 1. The number of benzene rings is 1. The van der Waals surface area contributed by atoms with E-state index in [9.17, 15) is 4.79 Å². The summed E-state index contributed by atoms with van der Waals surface area (Å²) in [6.45, 7) is 1.58. The highest BCUT2D eigenvalue weighted by atomic mass is 16.5. The predicted octanol–water partition coefficient (Wildman–Crippen LogP) is 3.52. The average Bonchev–Trinajstić information content (AvgIpc) is 3.31. The molecule has 1 atom stereocenters. The van der Waals surface area contributed by atoms with E-state index in [0.29, 0.717) is 19.8 Å². The number of pyridine rings is 1. The van der Waals surface area contributed by atoms with Crippen molar-refractivity contribution in [3.63, 3.8) is 0 Å². The number of carboxylic acids is 1. The minimum absolute atomic E-state index is 0.0830. The first-order valence-electron chi connectivity index (χ1n) is 9.36. The minimum atomic E-state index is -0.812. The van der Waals surface area contributed by atoms with Crippen LogP contribution in [0.5, 0.6) is 17.2 Å². The van der Waals surface area contributed by atoms with Crippen LogP contribution in [-0.2, 0) is 4.79 Å². The lowest BCUT2D eigenvalue weighted by Gasteiger charge is -2.10. The molecule has 0 saturated carbocycles. The normalized spacial score (nSPS) is 15.2. The van der Waals surface area contributed by atoms with Crippen LogP contribution in [0.3, 0.4) is 0 Å². The number of hydrogen-bond donors (Lipinski definition) is 1. The molecule has 1 aliphatic heterocycles. The van der Waals surface area contributed by atoms with Crippen molar-refractivity contribution in [1.29, 1.82) is 0 Å². The van der Waals surface area contributed by atoms with E-state index in [1.54, 1.807) is 6.20 Å². The average molecular weight is 382 g/mol. The van der Waals surface area contributed by atoms with Gasteiger partial charge in [0.1, 0.15) is 11.5 Å². The van der Waals surface area contributed by atoms with Gasteiger partial charge in [-0.1, -0.05) is 6.07 Å². The number of imidazole rings is 1. The smallest absolute Gasteiger partial charge is 0.304 e. The van der Waals surface area contributed by atoms with E-state index in [0.717, 1.165) is 41.3 Å². The van der Waals surface area contributed by atoms with Crippen LogP contribution in [0.25, 0.3) is 5.65 Å². The number of aromatic nitrogens is 2. The number of nitrogens with zero attached hydrogens (tertiary/aromatic N) is 2. The molecule has 7 heteroatoms. The number of ether oxygens (including phenoxy) is 3. The fraction of sp³-hybridized carbons (Fsp3) is 0.333. The zero-order valence-electron chi connectivity index (χ0n) is 15.4. The molecule has 2 aromatic heterocycles. The fourth-order valence-corrected chi connectivity index (χ4v) is 3.34. The highest BCUT2D eigenvalue weighted by Gasteiger charge is 2.26. The van der Waals surface area contributed by atoms with E-state index in [1.165, 1.54) is 0 Å². The summed E-state index contributed by atoms with van der Waals surface area (Å²) in [6.07, 6.45) is 7.38. The van der Waals surface area contributed by atoms with E-state index in [-0.39, 0.29) is 12.3 Å². The van der Waals surface area contributed by atoms with Crippen LogP contribution in [0.2, 0.25) is 0 Å². The molecule has 0 aliphatic carbocycles. The SMILES string of the molecule is O=C(O)CC1COc2cc(OCCCCOc3cccn4ccnc34)ccc21. The number of carbonyl (C=O) groups is 1. The molecule has 3 heterocycles. The van der Waals surface area contributed by atoms with Gasteiger partial charge in [0.15, 0.2) is 11.4 Å². The van der Waals surface area contributed by atoms with E-state index in [2.05, 4.69) is 4.98 Å². The summed E-state index contributed by atoms with van der Waals surface area (Å²) >= 11 is 0. The van der Waals surface area contributed by atoms with Gasteiger partial charge in [0.2, 0.25) is 0 Å². The molecule has 4 rings (SSSR count). The fourth-order valence-electron chi connectivity index (χ4n) is 3.34. The van der Waals surface area contributed by atoms with Crippen LogP contribution in [0.1, 0.15) is 30.7 Å². The molecule has 1 aliphatic rings. The Labute approximate surface area is 162 Å². The van der Waals surface area contributed by atoms with Crippen LogP contribution >= 0.6 is 0 Å². The van der Waals surface area contributed by atoms with Gasteiger partial charge in [0, 0.05) is 36.1 Å². The monoisotopic (exact) mass is 382 g/mol. The Morgan fingerprint density at radius 2 is 2.07 bits per heavy atom. The molecule has 0 radical (unpaired) electrons. The lowest BCUT2D eigenvalue weighted by Crippen LogP contribution is -2.07. The van der Waals surface area contributed by atoms with Crippen molar-refractivity contribution in [2.45, 2.75) is 25.2 Å². The van der Waals surface area contributed by atoms with E-state index in [4.69, 9.17) is 19.3 Å². The first-order valence-corrected chi connectivity index (χ1v) is 9.36. The maximum absolute atomic E-state index is 10.9. The summed E-state index contributed by atoms with van der Waals surface area (Å²) < 4.78 is 19.1. The van der Waals surface area contributed by atoms with E-state index < -0.39 is 5.97 Å². The van der Waals surface area contributed by atoms with Crippen LogP contribution in [0, 0.1) is 0 Å². The topological polar surface area (TPSA) is 82.3 Å². The maximum atomic E-state index is 10.9. The second kappa shape index (κ2) is 8.21. The molecular formula is C21H22N2O5. The lowest BCUT2D eigenvalue weighted by atomic mass is 9.98. The first kappa shape index (κ1) is 18.2. The molecule has 3 aromatic rings. The molecule has 7 nitrogen and oxygen atoms in total. The Morgan fingerprint density at radius 3 is 2.93 bits per heavy atom. The molecule has 1 N–H and O–H groups in total. The minimum Gasteiger partial charge on any atom is -0.493 e. The van der Waals surface area contributed by atoms with Crippen molar-refractivity contribution in [2.24, 2.45) is 0 Å². The number of rotatable bonds is 9. The predicted molar refractivity (Wildman–Crippen MR) is 102 cm³/mol. The molecule has 0 spiro atoms. The summed E-state index contributed by atoms with van der Waals surface area (Å²) in [5, 5.41) is 8.96. The molecule has 0 saturated heterocycles. The highest BCUT2D eigenvalue weighted by molar-refractivity contribution is 5.68. The van der Waals surface area contributed by atoms with Crippen LogP contribution in [0.4, 0.5) is 0 Å². The molecule has 28 heavy (non-hydrogen) atoms. The van der Waals surface area contributed by atoms with Crippen molar-refractivity contribution < 1.29 is 24.1 Å². The van der Waals surface area contributed by atoms with Gasteiger partial charge in [-0.2, -0.15) is 0 Å². The van der Waals surface area contributed by atoms with Gasteiger partial charge in [-0.05, 0) is 31.0 Å². The second-order valence-electron chi connectivity index (χ2n) is 6.74. The number of unbranched alkanes of at least 4 members (excludes halogenated alkanes) is 1. The van der Waals surface area contributed by atoms with Crippen molar-refractivity contribution in [2.75, 3.05) is 19.8 Å². The maximum Gasteiger partial charge on any atom is 0.304 e. The van der Waals surface area contributed by atoms with Gasteiger partial charge in [0.25, 0.3) is 0 Å². The molecule has 0 amide bonds. The third kappa shape index (κ3) is 4.03. The molecular weight excluding hydrogens is 360 g/mol. The summed E-state index contributed by atoms with van der Waals surface area (Å²) in [6, 6.07) is 9.47. The standard InChI is InChI=1S/C21H22N2O5/c24-20(25)12-15-14-28-19-13-16(5-6-17(15)19)26-10-1-2-11-27-18-4-3-8-23-9-7-22-21(18)23/h3-9,13,15H,1-2,10-12,14H2,(H,24,25). The third-order valence-corrected chi connectivity index (χ3v) is 4.73. The Balaban J connectivity index is 1.21. The second-order valence-corrected chi connectivity index (χ2v) is 6.74. The van der Waals surface area contributed by atoms with Crippen molar-refractivity contribution in [3.8, 4) is 17.2 Å². The van der Waals surface area contributed by atoms with Gasteiger partial charge in [-0.25, -0.2) is 4.98 Å². The summed E-state index contributed by atoms with van der Waals surface area (Å²) in [5.41, 5.74) is 1.76. The first-order chi connectivity index (χ1) is 13.7. The largest absolute Gasteiger partial charge is 0.493 e. The van der Waals surface area contributed by atoms with Crippen molar-refractivity contribution in [3.05, 3.63) is 54.5 Å². The highest BCUT2D eigenvalue weighted by Crippen LogP contribution is 2.38. The summed E-state index contributed by atoms with van der Waals surface area (Å²) in [7, 11) is 0. The molecule has 1 aromatic carbocycles. The molecule has 146 valence electrons. The van der Waals surface area contributed by atoms with Gasteiger partial charge >= 0.3 is 5.97 Å². The molecule has 1 unspecified atom stereocenters. The Morgan fingerprint density at radius 1 is 1.21 bits per heavy atom. The van der Waals surface area contributed by atoms with E-state index in [1.807, 2.05) is 47.1 Å². The van der Waals surface area contributed by atoms with Crippen LogP contribution < -0.4 is 14.2 Å². The summed E-state index contributed by atoms with van der Waals surface area (Å²) in [5.74, 6) is 1.34. The third-order valence-electron chi connectivity index (χ3n) is 4.73. The quantitative estimate of drug-likeness (QED) is 0.570. The zero-order chi connectivity index (χ0) is 19.3. The number of fused-ring (bicyclic) bond motifs is 2. The molecule has 0 fully saturated rings. The van der Waals surface area contributed by atoms with E-state index >= 15 is 0 Å². The number of hydrogen-bond acceptors (Lipinski definition) is 5. The number of carboxylic acid groups (broad SMARTS) is 1. The van der Waals surface area contributed by atoms with Crippen LogP contribution in [0.15, 0.2) is 48.9 Å². The summed E-state index contributed by atoms with van der Waals surface area (Å²) in [4.78, 5) is 15.2. The van der Waals surface area contributed by atoms with Gasteiger partial charge in [0.05, 0.1) is 26.2 Å². The van der Waals surface area contributed by atoms with Gasteiger partial charge in [-0.3, -0.25) is 4.79 Å². The molecule has 0 bridgehead atoms. The van der Waals surface area contributed by atoms with Crippen LogP contribution in [-0.4, -0.2) is 40.3 Å². The van der Waals surface area contributed by atoms with Gasteiger partial charge in [-0.15, -0.1) is 0 Å². The Bertz CT molecular complexity index is 968. The zero-order valence-corrected chi connectivity index (χ0v) is 15.4. The lowest BCUT2D eigenvalue weighted by molar-refractivity contribution is -0.137. The Hall–Kier alpha value is -3.22. The van der Waals surface area contributed by atoms with Gasteiger partial charge < -0.3 is 23.7 Å². The van der Waals surface area contributed by atoms with Crippen molar-refractivity contribution >= 4 is 11.6 Å². The Kier molecular flexibility index (Phi) is 5.32. The van der Waals surface area contributed by atoms with Crippen molar-refractivity contribution in [1.82, 2.24) is 9.38 Å².